The lowest BCUT2D eigenvalue weighted by atomic mass is 10.1. The van der Waals surface area contributed by atoms with Gasteiger partial charge in [0.15, 0.2) is 0 Å². The van der Waals surface area contributed by atoms with E-state index in [2.05, 4.69) is 13.2 Å². The average molecular weight is 272 g/mol. The first kappa shape index (κ1) is 14.1. The van der Waals surface area contributed by atoms with Crippen LogP contribution in [0.2, 0.25) is 0 Å². The fraction of sp³-hybridized carbons (Fsp3) is 0. The van der Waals surface area contributed by atoms with Crippen molar-refractivity contribution in [2.24, 2.45) is 0 Å². The monoisotopic (exact) mass is 272 g/mol. The van der Waals surface area contributed by atoms with Crippen molar-refractivity contribution < 1.29 is 4.74 Å². The Morgan fingerprint density at radius 2 is 1.43 bits per heavy atom. The van der Waals surface area contributed by atoms with Gasteiger partial charge in [0.05, 0.1) is 11.1 Å². The molecule has 0 amide bonds. The van der Waals surface area contributed by atoms with Gasteiger partial charge in [0.25, 0.3) is 0 Å². The molecule has 0 radical (unpaired) electrons. The maximum absolute atomic E-state index is 9.02. The third kappa shape index (κ3) is 3.18. The molecule has 0 heterocycles. The summed E-state index contributed by atoms with van der Waals surface area (Å²) in [7, 11) is 0. The topological polar surface area (TPSA) is 56.8 Å². The Morgan fingerprint density at radius 1 is 0.810 bits per heavy atom. The Balaban J connectivity index is 2.39. The van der Waals surface area contributed by atoms with E-state index in [0.717, 1.165) is 11.1 Å². The van der Waals surface area contributed by atoms with Gasteiger partial charge >= 0.3 is 0 Å². The number of nitriles is 2. The van der Waals surface area contributed by atoms with E-state index < -0.39 is 0 Å². The summed E-state index contributed by atoms with van der Waals surface area (Å²) in [6.07, 6.45) is 3.44. The van der Waals surface area contributed by atoms with Gasteiger partial charge in [-0.25, -0.2) is 0 Å². The van der Waals surface area contributed by atoms with Crippen molar-refractivity contribution in [3.05, 3.63) is 71.8 Å². The molecule has 0 aliphatic rings. The zero-order valence-corrected chi connectivity index (χ0v) is 11.3. The minimum Gasteiger partial charge on any atom is -0.457 e. The summed E-state index contributed by atoms with van der Waals surface area (Å²) in [4.78, 5) is 0. The van der Waals surface area contributed by atoms with Crippen molar-refractivity contribution in [2.75, 3.05) is 0 Å². The molecular weight excluding hydrogens is 260 g/mol. The fourth-order valence-corrected chi connectivity index (χ4v) is 1.85. The first-order valence-electron chi connectivity index (χ1n) is 6.22. The SMILES string of the molecule is C=Cc1cc(C=C)cc(Oc2ccc(C#N)c(C#N)c2)c1. The van der Waals surface area contributed by atoms with Gasteiger partial charge in [0.1, 0.15) is 23.6 Å². The molecule has 0 aliphatic heterocycles. The number of ether oxygens (including phenoxy) is 1. The van der Waals surface area contributed by atoms with E-state index in [-0.39, 0.29) is 0 Å². The van der Waals surface area contributed by atoms with Crippen LogP contribution in [0.4, 0.5) is 0 Å². The molecule has 2 aromatic rings. The first-order valence-corrected chi connectivity index (χ1v) is 6.22. The highest BCUT2D eigenvalue weighted by molar-refractivity contribution is 5.59. The Labute approximate surface area is 123 Å². The summed E-state index contributed by atoms with van der Waals surface area (Å²) in [5.74, 6) is 1.12. The van der Waals surface area contributed by atoms with Crippen LogP contribution in [0.25, 0.3) is 12.2 Å². The largest absolute Gasteiger partial charge is 0.457 e. The normalized spacial score (nSPS) is 9.24. The molecule has 21 heavy (non-hydrogen) atoms. The van der Waals surface area contributed by atoms with Gasteiger partial charge in [-0.1, -0.05) is 25.3 Å². The van der Waals surface area contributed by atoms with Gasteiger partial charge in [-0.15, -0.1) is 0 Å². The molecule has 0 N–H and O–H groups in total. The second kappa shape index (κ2) is 6.23. The predicted molar refractivity (Wildman–Crippen MR) is 82.6 cm³/mol. The van der Waals surface area contributed by atoms with Crippen LogP contribution >= 0.6 is 0 Å². The summed E-state index contributed by atoms with van der Waals surface area (Å²) in [6.45, 7) is 7.47. The number of hydrogen-bond acceptors (Lipinski definition) is 3. The molecule has 0 fully saturated rings. The van der Waals surface area contributed by atoms with Gasteiger partial charge in [0, 0.05) is 0 Å². The van der Waals surface area contributed by atoms with E-state index in [4.69, 9.17) is 15.3 Å². The molecule has 0 unspecified atom stereocenters. The van der Waals surface area contributed by atoms with Gasteiger partial charge in [0.2, 0.25) is 0 Å². The summed E-state index contributed by atoms with van der Waals surface area (Å²) >= 11 is 0. The average Bonchev–Trinajstić information content (AvgIpc) is 2.54. The third-order valence-electron chi connectivity index (χ3n) is 2.89. The minimum absolute atomic E-state index is 0.291. The number of nitrogens with zero attached hydrogens (tertiary/aromatic N) is 2. The van der Waals surface area contributed by atoms with Gasteiger partial charge < -0.3 is 4.74 Å². The molecule has 0 aromatic heterocycles. The highest BCUT2D eigenvalue weighted by atomic mass is 16.5. The van der Waals surface area contributed by atoms with Crippen molar-refractivity contribution in [3.63, 3.8) is 0 Å². The van der Waals surface area contributed by atoms with Gasteiger partial charge in [-0.3, -0.25) is 0 Å². The van der Waals surface area contributed by atoms with Crippen LogP contribution in [0, 0.1) is 22.7 Å². The smallest absolute Gasteiger partial charge is 0.128 e. The fourth-order valence-electron chi connectivity index (χ4n) is 1.85. The summed E-state index contributed by atoms with van der Waals surface area (Å²) in [5, 5.41) is 17.9. The zero-order valence-electron chi connectivity index (χ0n) is 11.3. The molecule has 2 rings (SSSR count). The standard InChI is InChI=1S/C18H12N2O/c1-3-13-7-14(4-2)9-18(8-13)21-17-6-5-15(11-19)16(10-17)12-20/h3-10H,1-2H2. The summed E-state index contributed by atoms with van der Waals surface area (Å²) in [5.41, 5.74) is 2.45. The second-order valence-corrected chi connectivity index (χ2v) is 4.28. The summed E-state index contributed by atoms with van der Waals surface area (Å²) in [6, 6.07) is 14.3. The van der Waals surface area contributed by atoms with Crippen LogP contribution in [0.5, 0.6) is 11.5 Å². The van der Waals surface area contributed by atoms with E-state index in [0.29, 0.717) is 22.6 Å². The van der Waals surface area contributed by atoms with E-state index >= 15 is 0 Å². The number of rotatable bonds is 4. The molecule has 0 saturated heterocycles. The van der Waals surface area contributed by atoms with Crippen molar-refractivity contribution in [3.8, 4) is 23.6 Å². The van der Waals surface area contributed by atoms with Crippen molar-refractivity contribution in [1.29, 1.82) is 10.5 Å². The van der Waals surface area contributed by atoms with Crippen LogP contribution in [0.3, 0.4) is 0 Å². The van der Waals surface area contributed by atoms with Crippen molar-refractivity contribution in [2.45, 2.75) is 0 Å². The van der Waals surface area contributed by atoms with E-state index in [9.17, 15) is 0 Å². The molecule has 0 bridgehead atoms. The van der Waals surface area contributed by atoms with Crippen LogP contribution in [-0.2, 0) is 0 Å². The second-order valence-electron chi connectivity index (χ2n) is 4.28. The molecule has 0 saturated carbocycles. The van der Waals surface area contributed by atoms with E-state index in [1.165, 1.54) is 0 Å². The molecule has 0 spiro atoms. The third-order valence-corrected chi connectivity index (χ3v) is 2.89. The maximum Gasteiger partial charge on any atom is 0.128 e. The number of benzene rings is 2. The minimum atomic E-state index is 0.291. The first-order chi connectivity index (χ1) is 10.2. The van der Waals surface area contributed by atoms with Crippen LogP contribution in [0.1, 0.15) is 22.3 Å². The Kier molecular flexibility index (Phi) is 4.19. The predicted octanol–water partition coefficient (Wildman–Crippen LogP) is 4.51. The molecule has 3 nitrogen and oxygen atoms in total. The lowest BCUT2D eigenvalue weighted by Gasteiger charge is -2.08. The summed E-state index contributed by atoms with van der Waals surface area (Å²) < 4.78 is 5.75. The van der Waals surface area contributed by atoms with E-state index in [1.807, 2.05) is 30.3 Å². The Morgan fingerprint density at radius 3 is 1.95 bits per heavy atom. The van der Waals surface area contributed by atoms with Gasteiger partial charge in [-0.05, 0) is 47.5 Å². The highest BCUT2D eigenvalue weighted by Gasteiger charge is 2.05. The number of hydrogen-bond donors (Lipinski definition) is 0. The maximum atomic E-state index is 9.02. The van der Waals surface area contributed by atoms with E-state index in [1.54, 1.807) is 30.4 Å². The molecule has 0 atom stereocenters. The zero-order chi connectivity index (χ0) is 15.2. The molecule has 0 aliphatic carbocycles. The lowest BCUT2D eigenvalue weighted by Crippen LogP contribution is -1.89. The quantitative estimate of drug-likeness (QED) is 0.822. The highest BCUT2D eigenvalue weighted by Crippen LogP contribution is 2.26. The van der Waals surface area contributed by atoms with Crippen molar-refractivity contribution >= 4 is 12.2 Å². The lowest BCUT2D eigenvalue weighted by molar-refractivity contribution is 0.482. The van der Waals surface area contributed by atoms with Crippen LogP contribution in [-0.4, -0.2) is 0 Å². The molecule has 3 heteroatoms. The molecular formula is C18H12N2O. The molecule has 2 aromatic carbocycles. The Hall–Kier alpha value is -3.30. The van der Waals surface area contributed by atoms with Crippen LogP contribution < -0.4 is 4.74 Å². The Bertz CT molecular complexity index is 766. The van der Waals surface area contributed by atoms with Crippen LogP contribution in [0.15, 0.2) is 49.6 Å². The molecule has 100 valence electrons. The van der Waals surface area contributed by atoms with Gasteiger partial charge in [-0.2, -0.15) is 10.5 Å². The van der Waals surface area contributed by atoms with Crippen molar-refractivity contribution in [1.82, 2.24) is 0 Å².